The highest BCUT2D eigenvalue weighted by atomic mass is 16.7. The standard InChI is InChI=1S/C9H9NO4/c1-5-2-7-8(13-4-12-7)3-6(5)14-9(10)11/h2-3H,4H2,1H3,(H2,10,11). The minimum absolute atomic E-state index is 0.189. The molecule has 1 amide bonds. The zero-order valence-corrected chi connectivity index (χ0v) is 7.57. The van der Waals surface area contributed by atoms with E-state index in [1.54, 1.807) is 19.1 Å². The van der Waals surface area contributed by atoms with Crippen molar-refractivity contribution in [3.05, 3.63) is 17.7 Å². The molecule has 5 heteroatoms. The van der Waals surface area contributed by atoms with Gasteiger partial charge in [-0.15, -0.1) is 0 Å². The molecule has 5 nitrogen and oxygen atoms in total. The molecule has 2 N–H and O–H groups in total. The average molecular weight is 195 g/mol. The smallest absolute Gasteiger partial charge is 0.409 e. The topological polar surface area (TPSA) is 70.8 Å². The molecule has 1 aliphatic rings. The molecular formula is C9H9NO4. The Morgan fingerprint density at radius 3 is 2.71 bits per heavy atom. The SMILES string of the molecule is Cc1cc2c(cc1OC(N)=O)OCO2. The number of hydrogen-bond acceptors (Lipinski definition) is 4. The van der Waals surface area contributed by atoms with Gasteiger partial charge in [-0.1, -0.05) is 0 Å². The van der Waals surface area contributed by atoms with Crippen LogP contribution >= 0.6 is 0 Å². The summed E-state index contributed by atoms with van der Waals surface area (Å²) in [6.07, 6.45) is -0.841. The molecule has 0 bridgehead atoms. The number of carbonyl (C=O) groups excluding carboxylic acids is 1. The van der Waals surface area contributed by atoms with Gasteiger partial charge in [0.1, 0.15) is 5.75 Å². The number of amides is 1. The minimum Gasteiger partial charge on any atom is -0.454 e. The zero-order valence-electron chi connectivity index (χ0n) is 7.57. The first kappa shape index (κ1) is 8.68. The molecule has 1 aliphatic heterocycles. The van der Waals surface area contributed by atoms with Crippen LogP contribution in [0.1, 0.15) is 5.56 Å². The third kappa shape index (κ3) is 1.44. The molecule has 0 fully saturated rings. The van der Waals surface area contributed by atoms with Gasteiger partial charge in [0.2, 0.25) is 6.79 Å². The molecule has 0 spiro atoms. The first-order valence-corrected chi connectivity index (χ1v) is 4.04. The maximum Gasteiger partial charge on any atom is 0.409 e. The highest BCUT2D eigenvalue weighted by Gasteiger charge is 2.16. The van der Waals surface area contributed by atoms with Gasteiger partial charge in [0.05, 0.1) is 0 Å². The molecule has 74 valence electrons. The quantitative estimate of drug-likeness (QED) is 0.730. The summed E-state index contributed by atoms with van der Waals surface area (Å²) >= 11 is 0. The molecule has 0 unspecified atom stereocenters. The summed E-state index contributed by atoms with van der Waals surface area (Å²) in [5.41, 5.74) is 5.68. The van der Waals surface area contributed by atoms with Gasteiger partial charge in [0, 0.05) is 6.07 Å². The number of benzene rings is 1. The predicted molar refractivity (Wildman–Crippen MR) is 47.5 cm³/mol. The van der Waals surface area contributed by atoms with Crippen LogP contribution in [0.25, 0.3) is 0 Å². The van der Waals surface area contributed by atoms with E-state index in [0.717, 1.165) is 5.56 Å². The van der Waals surface area contributed by atoms with Crippen molar-refractivity contribution in [2.24, 2.45) is 5.73 Å². The van der Waals surface area contributed by atoms with Crippen LogP contribution in [0.15, 0.2) is 12.1 Å². The van der Waals surface area contributed by atoms with Gasteiger partial charge in [-0.05, 0) is 18.6 Å². The van der Waals surface area contributed by atoms with Crippen molar-refractivity contribution < 1.29 is 19.0 Å². The summed E-state index contributed by atoms with van der Waals surface area (Å²) in [5.74, 6) is 1.60. The fourth-order valence-corrected chi connectivity index (χ4v) is 1.24. The van der Waals surface area contributed by atoms with Crippen molar-refractivity contribution in [1.29, 1.82) is 0 Å². The number of ether oxygens (including phenoxy) is 3. The van der Waals surface area contributed by atoms with Crippen molar-refractivity contribution in [2.45, 2.75) is 6.92 Å². The maximum absolute atomic E-state index is 10.5. The molecule has 0 aliphatic carbocycles. The van der Waals surface area contributed by atoms with E-state index in [2.05, 4.69) is 0 Å². The molecule has 1 aromatic carbocycles. The lowest BCUT2D eigenvalue weighted by molar-refractivity contribution is 0.174. The Labute approximate surface area is 80.4 Å². The number of nitrogens with two attached hydrogens (primary N) is 1. The van der Waals surface area contributed by atoms with E-state index in [1.807, 2.05) is 0 Å². The maximum atomic E-state index is 10.5. The fourth-order valence-electron chi connectivity index (χ4n) is 1.24. The monoisotopic (exact) mass is 195 g/mol. The number of primary amides is 1. The van der Waals surface area contributed by atoms with E-state index in [4.69, 9.17) is 19.9 Å². The van der Waals surface area contributed by atoms with Gasteiger partial charge in [-0.3, -0.25) is 0 Å². The number of fused-ring (bicyclic) bond motifs is 1. The Kier molecular flexibility index (Phi) is 1.92. The van der Waals surface area contributed by atoms with Crippen LogP contribution in [-0.2, 0) is 0 Å². The summed E-state index contributed by atoms with van der Waals surface area (Å²) in [5, 5.41) is 0. The molecule has 0 radical (unpaired) electrons. The van der Waals surface area contributed by atoms with Gasteiger partial charge >= 0.3 is 6.09 Å². The van der Waals surface area contributed by atoms with Crippen LogP contribution < -0.4 is 19.9 Å². The summed E-state index contributed by atoms with van der Waals surface area (Å²) in [4.78, 5) is 10.5. The average Bonchev–Trinajstić information content (AvgIpc) is 2.51. The van der Waals surface area contributed by atoms with Crippen LogP contribution in [0.2, 0.25) is 0 Å². The van der Waals surface area contributed by atoms with Gasteiger partial charge in [0.25, 0.3) is 0 Å². The highest BCUT2D eigenvalue weighted by molar-refractivity contribution is 5.69. The molecule has 0 aromatic heterocycles. The van der Waals surface area contributed by atoms with E-state index in [1.165, 1.54) is 0 Å². The normalized spacial score (nSPS) is 12.6. The third-order valence-electron chi connectivity index (χ3n) is 1.88. The van der Waals surface area contributed by atoms with Crippen molar-refractivity contribution >= 4 is 6.09 Å². The van der Waals surface area contributed by atoms with Crippen LogP contribution in [0.5, 0.6) is 17.2 Å². The summed E-state index contributed by atoms with van der Waals surface area (Å²) in [7, 11) is 0. The van der Waals surface area contributed by atoms with Gasteiger partial charge < -0.3 is 19.9 Å². The number of rotatable bonds is 1. The van der Waals surface area contributed by atoms with Crippen molar-refractivity contribution in [3.63, 3.8) is 0 Å². The van der Waals surface area contributed by atoms with Crippen LogP contribution in [0.3, 0.4) is 0 Å². The lowest BCUT2D eigenvalue weighted by Crippen LogP contribution is -2.16. The molecule has 0 atom stereocenters. The molecule has 1 aromatic rings. The number of carbonyl (C=O) groups is 1. The summed E-state index contributed by atoms with van der Waals surface area (Å²) < 4.78 is 15.0. The molecule has 14 heavy (non-hydrogen) atoms. The molecule has 2 rings (SSSR count). The molecule has 0 saturated carbocycles. The van der Waals surface area contributed by atoms with E-state index < -0.39 is 6.09 Å². The Morgan fingerprint density at radius 2 is 2.07 bits per heavy atom. The number of hydrogen-bond donors (Lipinski definition) is 1. The predicted octanol–water partition coefficient (Wildman–Crippen LogP) is 1.18. The fraction of sp³-hybridized carbons (Fsp3) is 0.222. The first-order chi connectivity index (χ1) is 6.66. The third-order valence-corrected chi connectivity index (χ3v) is 1.88. The van der Waals surface area contributed by atoms with Crippen LogP contribution in [0, 0.1) is 6.92 Å². The summed E-state index contributed by atoms with van der Waals surface area (Å²) in [6, 6.07) is 3.32. The molecular weight excluding hydrogens is 186 g/mol. The van der Waals surface area contributed by atoms with Crippen LogP contribution in [-0.4, -0.2) is 12.9 Å². The van der Waals surface area contributed by atoms with Crippen LogP contribution in [0.4, 0.5) is 4.79 Å². The first-order valence-electron chi connectivity index (χ1n) is 4.04. The largest absolute Gasteiger partial charge is 0.454 e. The number of aryl methyl sites for hydroxylation is 1. The Hall–Kier alpha value is -1.91. The summed E-state index contributed by atoms with van der Waals surface area (Å²) in [6.45, 7) is 1.98. The Morgan fingerprint density at radius 1 is 1.43 bits per heavy atom. The molecule has 0 saturated heterocycles. The minimum atomic E-state index is -0.841. The van der Waals surface area contributed by atoms with Gasteiger partial charge in [-0.2, -0.15) is 0 Å². The van der Waals surface area contributed by atoms with Crippen molar-refractivity contribution in [3.8, 4) is 17.2 Å². The van der Waals surface area contributed by atoms with E-state index >= 15 is 0 Å². The van der Waals surface area contributed by atoms with E-state index in [0.29, 0.717) is 17.2 Å². The van der Waals surface area contributed by atoms with Gasteiger partial charge in [0.15, 0.2) is 11.5 Å². The Bertz CT molecular complexity index is 389. The Balaban J connectivity index is 2.37. The second kappa shape index (κ2) is 3.10. The van der Waals surface area contributed by atoms with Gasteiger partial charge in [-0.25, -0.2) is 4.79 Å². The molecule has 1 heterocycles. The van der Waals surface area contributed by atoms with Crippen molar-refractivity contribution in [2.75, 3.05) is 6.79 Å². The van der Waals surface area contributed by atoms with E-state index in [-0.39, 0.29) is 6.79 Å². The second-order valence-electron chi connectivity index (χ2n) is 2.89. The zero-order chi connectivity index (χ0) is 10.1. The second-order valence-corrected chi connectivity index (χ2v) is 2.89. The lowest BCUT2D eigenvalue weighted by Gasteiger charge is -2.05. The van der Waals surface area contributed by atoms with Crippen molar-refractivity contribution in [1.82, 2.24) is 0 Å². The highest BCUT2D eigenvalue weighted by Crippen LogP contribution is 2.37. The lowest BCUT2D eigenvalue weighted by atomic mass is 10.2. The van der Waals surface area contributed by atoms with E-state index in [9.17, 15) is 4.79 Å².